The van der Waals surface area contributed by atoms with Gasteiger partial charge in [-0.05, 0) is 42.9 Å². The van der Waals surface area contributed by atoms with E-state index in [0.29, 0.717) is 5.56 Å². The smallest absolute Gasteiger partial charge is 0.163 e. The first kappa shape index (κ1) is 13.3. The Balaban J connectivity index is 2.11. The highest BCUT2D eigenvalue weighted by atomic mass is 35.5. The number of halogens is 2. The zero-order valence-corrected chi connectivity index (χ0v) is 11.0. The molecule has 1 nitrogen and oxygen atoms in total. The van der Waals surface area contributed by atoms with Gasteiger partial charge in [-0.1, -0.05) is 36.2 Å². The molecule has 0 aliphatic heterocycles. The molecule has 0 saturated carbocycles. The first-order valence-electron chi connectivity index (χ1n) is 6.33. The lowest BCUT2D eigenvalue weighted by molar-refractivity contribution is -0.115. The first-order valence-corrected chi connectivity index (χ1v) is 6.71. The molecule has 0 radical (unpaired) electrons. The number of hydrogen-bond donors (Lipinski definition) is 0. The van der Waals surface area contributed by atoms with E-state index in [1.807, 2.05) is 6.08 Å². The van der Waals surface area contributed by atoms with Gasteiger partial charge in [0.05, 0.1) is 5.02 Å². The number of Topliss-reactive ketones (excluding diaryl/α,β-unsaturated/α-hetero) is 1. The van der Waals surface area contributed by atoms with Crippen LogP contribution in [-0.4, -0.2) is 5.78 Å². The van der Waals surface area contributed by atoms with Crippen molar-refractivity contribution >= 4 is 17.4 Å². The molecule has 0 heterocycles. The maximum absolute atomic E-state index is 13.7. The van der Waals surface area contributed by atoms with Crippen LogP contribution in [-0.2, 0) is 11.2 Å². The zero-order valence-electron chi connectivity index (χ0n) is 10.2. The van der Waals surface area contributed by atoms with Crippen LogP contribution in [0.2, 0.25) is 5.02 Å². The summed E-state index contributed by atoms with van der Waals surface area (Å²) in [5.41, 5.74) is 1.24. The molecule has 0 unspecified atom stereocenters. The molecule has 1 aliphatic rings. The predicted octanol–water partition coefficient (Wildman–Crippen LogP) is 4.48. The van der Waals surface area contributed by atoms with E-state index < -0.39 is 5.82 Å². The third kappa shape index (κ3) is 3.20. The molecule has 1 aromatic rings. The van der Waals surface area contributed by atoms with Crippen LogP contribution in [0, 0.1) is 5.82 Å². The molecule has 0 fully saturated rings. The van der Waals surface area contributed by atoms with Crippen LogP contribution in [0.1, 0.15) is 37.7 Å². The maximum atomic E-state index is 13.7. The molecule has 1 aliphatic carbocycles. The number of carbonyl (C=O) groups is 1. The van der Waals surface area contributed by atoms with E-state index in [4.69, 9.17) is 11.6 Å². The van der Waals surface area contributed by atoms with Gasteiger partial charge in [-0.25, -0.2) is 4.39 Å². The van der Waals surface area contributed by atoms with Crippen molar-refractivity contribution in [2.24, 2.45) is 0 Å². The highest BCUT2D eigenvalue weighted by molar-refractivity contribution is 6.30. The van der Waals surface area contributed by atoms with E-state index in [-0.39, 0.29) is 17.2 Å². The summed E-state index contributed by atoms with van der Waals surface area (Å²) in [5, 5.41) is 0.0788. The van der Waals surface area contributed by atoms with Crippen molar-refractivity contribution < 1.29 is 9.18 Å². The minimum absolute atomic E-state index is 0.0260. The molecule has 1 aromatic carbocycles. The summed E-state index contributed by atoms with van der Waals surface area (Å²) in [5.74, 6) is -0.445. The highest BCUT2D eigenvalue weighted by Gasteiger charge is 2.15. The van der Waals surface area contributed by atoms with Gasteiger partial charge >= 0.3 is 0 Å². The Labute approximate surface area is 112 Å². The van der Waals surface area contributed by atoms with Crippen molar-refractivity contribution in [1.29, 1.82) is 0 Å². The van der Waals surface area contributed by atoms with E-state index in [0.717, 1.165) is 31.3 Å². The van der Waals surface area contributed by atoms with Crippen molar-refractivity contribution in [1.82, 2.24) is 0 Å². The van der Waals surface area contributed by atoms with Gasteiger partial charge in [0.1, 0.15) is 5.82 Å². The second-order valence-corrected chi connectivity index (χ2v) is 5.05. The Kier molecular flexibility index (Phi) is 4.54. The maximum Gasteiger partial charge on any atom is 0.163 e. The molecular weight excluding hydrogens is 251 g/mol. The van der Waals surface area contributed by atoms with E-state index >= 15 is 0 Å². The molecule has 0 aromatic heterocycles. The topological polar surface area (TPSA) is 17.1 Å². The van der Waals surface area contributed by atoms with Crippen LogP contribution in [0.5, 0.6) is 0 Å². The molecule has 96 valence electrons. The Hall–Kier alpha value is -1.15. The fourth-order valence-electron chi connectivity index (χ4n) is 2.24. The van der Waals surface area contributed by atoms with Crippen LogP contribution in [0.15, 0.2) is 29.8 Å². The molecule has 0 bridgehead atoms. The van der Waals surface area contributed by atoms with Gasteiger partial charge in [0, 0.05) is 6.42 Å². The lowest BCUT2D eigenvalue weighted by Crippen LogP contribution is -2.08. The summed E-state index contributed by atoms with van der Waals surface area (Å²) in [7, 11) is 0. The second kappa shape index (κ2) is 6.14. The van der Waals surface area contributed by atoms with E-state index in [1.165, 1.54) is 12.5 Å². The fourth-order valence-corrected chi connectivity index (χ4v) is 2.43. The van der Waals surface area contributed by atoms with Crippen molar-refractivity contribution in [3.63, 3.8) is 0 Å². The molecule has 2 rings (SSSR count). The Bertz CT molecular complexity index is 479. The van der Waals surface area contributed by atoms with Gasteiger partial charge in [-0.2, -0.15) is 0 Å². The summed E-state index contributed by atoms with van der Waals surface area (Å²) < 4.78 is 13.7. The predicted molar refractivity (Wildman–Crippen MR) is 71.3 cm³/mol. The van der Waals surface area contributed by atoms with Crippen LogP contribution < -0.4 is 0 Å². The minimum atomic E-state index is -0.471. The first-order chi connectivity index (χ1) is 8.68. The van der Waals surface area contributed by atoms with Crippen LogP contribution in [0.25, 0.3) is 0 Å². The number of allylic oxidation sites excluding steroid dienone is 2. The largest absolute Gasteiger partial charge is 0.294 e. The average molecular weight is 267 g/mol. The standard InChI is InChI=1S/C15H16ClFO/c16-13-9-5-8-12(15(13)17)10-14(18)11-6-3-1-2-4-7-11/h5-6,8-9H,1-4,7,10H2. The fraction of sp³-hybridized carbons (Fsp3) is 0.400. The third-order valence-electron chi connectivity index (χ3n) is 3.28. The summed E-state index contributed by atoms with van der Waals surface area (Å²) in [6.45, 7) is 0. The van der Waals surface area contributed by atoms with Crippen molar-refractivity contribution in [3.8, 4) is 0 Å². The lowest BCUT2D eigenvalue weighted by Gasteiger charge is -2.06. The van der Waals surface area contributed by atoms with Crippen LogP contribution in [0.4, 0.5) is 4.39 Å². The molecule has 3 heteroatoms. The normalized spacial score (nSPS) is 16.0. The Morgan fingerprint density at radius 2 is 2.11 bits per heavy atom. The molecule has 0 saturated heterocycles. The molecule has 0 amide bonds. The Morgan fingerprint density at radius 1 is 1.28 bits per heavy atom. The van der Waals surface area contributed by atoms with Gasteiger partial charge in [0.15, 0.2) is 5.78 Å². The van der Waals surface area contributed by atoms with Crippen LogP contribution >= 0.6 is 11.6 Å². The van der Waals surface area contributed by atoms with Crippen molar-refractivity contribution in [3.05, 3.63) is 46.3 Å². The average Bonchev–Trinajstić information content (AvgIpc) is 2.63. The number of benzene rings is 1. The number of carbonyl (C=O) groups excluding carboxylic acids is 1. The Morgan fingerprint density at radius 3 is 2.94 bits per heavy atom. The minimum Gasteiger partial charge on any atom is -0.294 e. The zero-order chi connectivity index (χ0) is 13.0. The molecule has 0 atom stereocenters. The summed E-state index contributed by atoms with van der Waals surface area (Å²) >= 11 is 5.71. The quantitative estimate of drug-likeness (QED) is 0.788. The third-order valence-corrected chi connectivity index (χ3v) is 3.57. The van der Waals surface area contributed by atoms with E-state index in [2.05, 4.69) is 0 Å². The van der Waals surface area contributed by atoms with Crippen molar-refractivity contribution in [2.45, 2.75) is 38.5 Å². The van der Waals surface area contributed by atoms with E-state index in [9.17, 15) is 9.18 Å². The summed E-state index contributed by atoms with van der Waals surface area (Å²) in [4.78, 5) is 12.1. The highest BCUT2D eigenvalue weighted by Crippen LogP contribution is 2.22. The van der Waals surface area contributed by atoms with Gasteiger partial charge in [-0.15, -0.1) is 0 Å². The number of rotatable bonds is 3. The molecule has 0 spiro atoms. The summed E-state index contributed by atoms with van der Waals surface area (Å²) in [6, 6.07) is 4.79. The van der Waals surface area contributed by atoms with Crippen LogP contribution in [0.3, 0.4) is 0 Å². The molecular formula is C15H16ClFO. The second-order valence-electron chi connectivity index (χ2n) is 4.64. The SMILES string of the molecule is O=C(Cc1cccc(Cl)c1F)C1=CCCCCC1. The van der Waals surface area contributed by atoms with Gasteiger partial charge in [0.2, 0.25) is 0 Å². The van der Waals surface area contributed by atoms with Crippen molar-refractivity contribution in [2.75, 3.05) is 0 Å². The molecule has 18 heavy (non-hydrogen) atoms. The number of ketones is 1. The monoisotopic (exact) mass is 266 g/mol. The number of hydrogen-bond acceptors (Lipinski definition) is 1. The summed E-state index contributed by atoms with van der Waals surface area (Å²) in [6.07, 6.45) is 7.26. The molecule has 0 N–H and O–H groups in total. The van der Waals surface area contributed by atoms with E-state index in [1.54, 1.807) is 12.1 Å². The lowest BCUT2D eigenvalue weighted by atomic mass is 9.99. The van der Waals surface area contributed by atoms with Gasteiger partial charge in [0.25, 0.3) is 0 Å². The van der Waals surface area contributed by atoms with Gasteiger partial charge < -0.3 is 0 Å². The van der Waals surface area contributed by atoms with Gasteiger partial charge in [-0.3, -0.25) is 4.79 Å².